The summed E-state index contributed by atoms with van der Waals surface area (Å²) in [6.07, 6.45) is 0. The first kappa shape index (κ1) is 15.7. The number of nitrogens with zero attached hydrogens (tertiary/aromatic N) is 1. The summed E-state index contributed by atoms with van der Waals surface area (Å²) in [6.45, 7) is 3.62. The van der Waals surface area contributed by atoms with E-state index in [1.54, 1.807) is 19.1 Å². The van der Waals surface area contributed by atoms with Crippen molar-refractivity contribution in [2.45, 2.75) is 19.9 Å². The van der Waals surface area contributed by atoms with Gasteiger partial charge in [0.1, 0.15) is 0 Å². The molecule has 0 bridgehead atoms. The van der Waals surface area contributed by atoms with Gasteiger partial charge in [-0.1, -0.05) is 24.3 Å². The highest BCUT2D eigenvalue weighted by atomic mass is 16.6. The van der Waals surface area contributed by atoms with Crippen molar-refractivity contribution in [3.8, 4) is 0 Å². The van der Waals surface area contributed by atoms with Crippen LogP contribution in [0.1, 0.15) is 23.0 Å². The molecule has 24 heavy (non-hydrogen) atoms. The SMILES string of the molecule is Cc1[nH]c2ccccc2c1C(=O)[C@H](C)Nc1cccc([N+](=O)[O-])c1. The minimum atomic E-state index is -0.509. The minimum Gasteiger partial charge on any atom is -0.375 e. The van der Waals surface area contributed by atoms with E-state index in [-0.39, 0.29) is 11.5 Å². The maximum atomic E-state index is 12.8. The Balaban J connectivity index is 1.88. The third-order valence-electron chi connectivity index (χ3n) is 3.97. The zero-order valence-corrected chi connectivity index (χ0v) is 13.4. The van der Waals surface area contributed by atoms with Crippen molar-refractivity contribution in [3.05, 3.63) is 69.9 Å². The number of Topliss-reactive ketones (excluding diaryl/α,β-unsaturated/α-hetero) is 1. The molecule has 0 fully saturated rings. The summed E-state index contributed by atoms with van der Waals surface area (Å²) in [5, 5.41) is 14.8. The van der Waals surface area contributed by atoms with Gasteiger partial charge in [-0.25, -0.2) is 0 Å². The summed E-state index contributed by atoms with van der Waals surface area (Å²) in [4.78, 5) is 26.5. The van der Waals surface area contributed by atoms with E-state index >= 15 is 0 Å². The molecule has 0 saturated heterocycles. The van der Waals surface area contributed by atoms with Crippen molar-refractivity contribution in [1.29, 1.82) is 0 Å². The molecule has 6 nitrogen and oxygen atoms in total. The lowest BCUT2D eigenvalue weighted by molar-refractivity contribution is -0.384. The van der Waals surface area contributed by atoms with Gasteiger partial charge in [0, 0.05) is 40.0 Å². The number of aromatic nitrogens is 1. The van der Waals surface area contributed by atoms with Crippen LogP contribution in [0, 0.1) is 17.0 Å². The molecule has 0 amide bonds. The Hall–Kier alpha value is -3.15. The van der Waals surface area contributed by atoms with E-state index in [0.717, 1.165) is 16.6 Å². The quantitative estimate of drug-likeness (QED) is 0.421. The fraction of sp³-hybridized carbons (Fsp3) is 0.167. The first-order valence-corrected chi connectivity index (χ1v) is 7.60. The Morgan fingerprint density at radius 1 is 1.21 bits per heavy atom. The molecule has 1 heterocycles. The van der Waals surface area contributed by atoms with Crippen LogP contribution in [0.25, 0.3) is 10.9 Å². The number of nitro benzene ring substituents is 1. The molecule has 0 unspecified atom stereocenters. The van der Waals surface area contributed by atoms with Crippen LogP contribution in [-0.4, -0.2) is 21.7 Å². The number of anilines is 1. The van der Waals surface area contributed by atoms with Gasteiger partial charge in [-0.3, -0.25) is 14.9 Å². The number of para-hydroxylation sites is 1. The Morgan fingerprint density at radius 2 is 1.96 bits per heavy atom. The van der Waals surface area contributed by atoms with Crippen LogP contribution in [0.15, 0.2) is 48.5 Å². The second-order valence-electron chi connectivity index (χ2n) is 5.71. The number of hydrogen-bond donors (Lipinski definition) is 2. The Bertz CT molecular complexity index is 930. The van der Waals surface area contributed by atoms with E-state index < -0.39 is 11.0 Å². The van der Waals surface area contributed by atoms with Crippen molar-refractivity contribution < 1.29 is 9.72 Å². The number of nitro groups is 1. The third-order valence-corrected chi connectivity index (χ3v) is 3.97. The number of carbonyl (C=O) groups is 1. The van der Waals surface area contributed by atoms with Crippen LogP contribution >= 0.6 is 0 Å². The second-order valence-corrected chi connectivity index (χ2v) is 5.71. The van der Waals surface area contributed by atoms with Crippen molar-refractivity contribution in [2.75, 3.05) is 5.32 Å². The fourth-order valence-electron chi connectivity index (χ4n) is 2.84. The maximum absolute atomic E-state index is 12.8. The number of fused-ring (bicyclic) bond motifs is 1. The van der Waals surface area contributed by atoms with Crippen LogP contribution in [0.2, 0.25) is 0 Å². The predicted octanol–water partition coefficient (Wildman–Crippen LogP) is 4.07. The summed E-state index contributed by atoms with van der Waals surface area (Å²) >= 11 is 0. The first-order valence-electron chi connectivity index (χ1n) is 7.60. The molecule has 1 atom stereocenters. The molecule has 1 aromatic heterocycles. The Kier molecular flexibility index (Phi) is 4.04. The topological polar surface area (TPSA) is 88.0 Å². The maximum Gasteiger partial charge on any atom is 0.271 e. The van der Waals surface area contributed by atoms with Gasteiger partial charge in [-0.2, -0.15) is 0 Å². The van der Waals surface area contributed by atoms with Gasteiger partial charge in [-0.15, -0.1) is 0 Å². The average Bonchev–Trinajstić information content (AvgIpc) is 2.90. The highest BCUT2D eigenvalue weighted by Gasteiger charge is 2.21. The molecule has 0 spiro atoms. The molecule has 3 aromatic rings. The summed E-state index contributed by atoms with van der Waals surface area (Å²) in [5.74, 6) is -0.0588. The van der Waals surface area contributed by atoms with Gasteiger partial charge in [0.25, 0.3) is 5.69 Å². The monoisotopic (exact) mass is 323 g/mol. The third kappa shape index (κ3) is 2.86. The fourth-order valence-corrected chi connectivity index (χ4v) is 2.84. The lowest BCUT2D eigenvalue weighted by Crippen LogP contribution is -2.26. The molecule has 0 radical (unpaired) electrons. The van der Waals surface area contributed by atoms with Crippen LogP contribution in [0.5, 0.6) is 0 Å². The zero-order chi connectivity index (χ0) is 17.3. The summed E-state index contributed by atoms with van der Waals surface area (Å²) in [5.41, 5.74) is 2.91. The number of H-pyrrole nitrogens is 1. The molecule has 122 valence electrons. The van der Waals surface area contributed by atoms with Gasteiger partial charge in [0.2, 0.25) is 0 Å². The van der Waals surface area contributed by atoms with E-state index in [4.69, 9.17) is 0 Å². The molecule has 0 saturated carbocycles. The van der Waals surface area contributed by atoms with Crippen molar-refractivity contribution >= 4 is 28.1 Å². The summed E-state index contributed by atoms with van der Waals surface area (Å²) < 4.78 is 0. The standard InChI is InChI=1S/C18H17N3O3/c1-11-17(15-8-3-4-9-16(15)20-11)18(22)12(2)19-13-6-5-7-14(10-13)21(23)24/h3-10,12,19-20H,1-2H3/t12-/m0/s1. The highest BCUT2D eigenvalue weighted by Crippen LogP contribution is 2.24. The van der Waals surface area contributed by atoms with E-state index in [1.165, 1.54) is 12.1 Å². The van der Waals surface area contributed by atoms with Crippen molar-refractivity contribution in [3.63, 3.8) is 0 Å². The Labute approximate surface area is 138 Å². The van der Waals surface area contributed by atoms with Crippen molar-refractivity contribution in [1.82, 2.24) is 4.98 Å². The highest BCUT2D eigenvalue weighted by molar-refractivity contribution is 6.12. The largest absolute Gasteiger partial charge is 0.375 e. The van der Waals surface area contributed by atoms with E-state index in [9.17, 15) is 14.9 Å². The van der Waals surface area contributed by atoms with Crippen LogP contribution in [-0.2, 0) is 0 Å². The number of aromatic amines is 1. The van der Waals surface area contributed by atoms with Crippen molar-refractivity contribution in [2.24, 2.45) is 0 Å². The minimum absolute atomic E-state index is 0.0112. The van der Waals surface area contributed by atoms with Crippen LogP contribution < -0.4 is 5.32 Å². The summed E-state index contributed by atoms with van der Waals surface area (Å²) in [6, 6.07) is 13.3. The summed E-state index contributed by atoms with van der Waals surface area (Å²) in [7, 11) is 0. The van der Waals surface area contributed by atoms with Gasteiger partial charge in [-0.05, 0) is 26.0 Å². The smallest absolute Gasteiger partial charge is 0.271 e. The molecule has 3 rings (SSSR count). The number of benzene rings is 2. The van der Waals surface area contributed by atoms with Gasteiger partial charge < -0.3 is 10.3 Å². The number of ketones is 1. The molecule has 0 aliphatic carbocycles. The molecule has 2 aromatic carbocycles. The lowest BCUT2D eigenvalue weighted by atomic mass is 10.0. The number of aryl methyl sites for hydroxylation is 1. The number of nitrogens with one attached hydrogen (secondary N) is 2. The number of non-ortho nitro benzene ring substituents is 1. The number of carbonyl (C=O) groups excluding carboxylic acids is 1. The zero-order valence-electron chi connectivity index (χ0n) is 13.4. The Morgan fingerprint density at radius 3 is 2.71 bits per heavy atom. The van der Waals surface area contributed by atoms with Gasteiger partial charge in [0.15, 0.2) is 5.78 Å². The van der Waals surface area contributed by atoms with Gasteiger partial charge >= 0.3 is 0 Å². The van der Waals surface area contributed by atoms with Gasteiger partial charge in [0.05, 0.1) is 11.0 Å². The molecule has 6 heteroatoms. The predicted molar refractivity (Wildman–Crippen MR) is 93.5 cm³/mol. The normalized spacial score (nSPS) is 12.1. The molecule has 0 aliphatic rings. The first-order chi connectivity index (χ1) is 11.5. The molecule has 0 aliphatic heterocycles. The second kappa shape index (κ2) is 6.16. The van der Waals surface area contributed by atoms with E-state index in [0.29, 0.717) is 11.3 Å². The number of rotatable bonds is 5. The lowest BCUT2D eigenvalue weighted by Gasteiger charge is -2.14. The average molecular weight is 323 g/mol. The molecule has 2 N–H and O–H groups in total. The van der Waals surface area contributed by atoms with Crippen LogP contribution in [0.4, 0.5) is 11.4 Å². The van der Waals surface area contributed by atoms with E-state index in [1.807, 2.05) is 31.2 Å². The molecular weight excluding hydrogens is 306 g/mol. The number of hydrogen-bond acceptors (Lipinski definition) is 4. The molecular formula is C18H17N3O3. The van der Waals surface area contributed by atoms with Crippen LogP contribution in [0.3, 0.4) is 0 Å². The van der Waals surface area contributed by atoms with E-state index in [2.05, 4.69) is 10.3 Å².